The highest BCUT2D eigenvalue weighted by Crippen LogP contribution is 2.29. The fraction of sp³-hybridized carbons (Fsp3) is 0.714. The molecule has 0 bridgehead atoms. The Morgan fingerprint density at radius 3 is 2.72 bits per heavy atom. The van der Waals surface area contributed by atoms with Gasteiger partial charge >= 0.3 is 0 Å². The quantitative estimate of drug-likeness (QED) is 0.839. The molecule has 18 heavy (non-hydrogen) atoms. The predicted molar refractivity (Wildman–Crippen MR) is 75.9 cm³/mol. The molecule has 0 aromatic carbocycles. The van der Waals surface area contributed by atoms with E-state index in [0.717, 1.165) is 24.1 Å². The molecule has 4 heteroatoms. The molecular weight excluding hydrogens is 224 g/mol. The summed E-state index contributed by atoms with van der Waals surface area (Å²) >= 11 is 0. The van der Waals surface area contributed by atoms with Crippen LogP contribution in [-0.2, 0) is 0 Å². The van der Waals surface area contributed by atoms with Crippen LogP contribution in [0.2, 0.25) is 0 Å². The summed E-state index contributed by atoms with van der Waals surface area (Å²) in [6, 6.07) is 2.58. The summed E-state index contributed by atoms with van der Waals surface area (Å²) in [5, 5.41) is 6.81. The zero-order valence-electron chi connectivity index (χ0n) is 11.4. The number of anilines is 2. The Kier molecular flexibility index (Phi) is 4.79. The van der Waals surface area contributed by atoms with Gasteiger partial charge in [0.1, 0.15) is 18.0 Å². The van der Waals surface area contributed by atoms with Crippen LogP contribution in [0.1, 0.15) is 46.0 Å². The van der Waals surface area contributed by atoms with E-state index >= 15 is 0 Å². The third kappa shape index (κ3) is 3.34. The summed E-state index contributed by atoms with van der Waals surface area (Å²) in [6.07, 6.45) is 8.20. The fourth-order valence-electron chi connectivity index (χ4n) is 2.79. The van der Waals surface area contributed by atoms with Crippen LogP contribution in [0.15, 0.2) is 12.4 Å². The zero-order chi connectivity index (χ0) is 12.8. The van der Waals surface area contributed by atoms with Gasteiger partial charge in [-0.15, -0.1) is 0 Å². The Morgan fingerprint density at radius 2 is 1.94 bits per heavy atom. The van der Waals surface area contributed by atoms with Crippen molar-refractivity contribution in [3.05, 3.63) is 12.4 Å². The second-order valence-electron chi connectivity index (χ2n) is 5.02. The zero-order valence-corrected chi connectivity index (χ0v) is 11.4. The maximum absolute atomic E-state index is 4.32. The van der Waals surface area contributed by atoms with Crippen LogP contribution < -0.4 is 10.6 Å². The molecule has 1 aliphatic rings. The monoisotopic (exact) mass is 248 g/mol. The Balaban J connectivity index is 2.00. The average Bonchev–Trinajstić information content (AvgIpc) is 2.40. The minimum absolute atomic E-state index is 0.577. The first kappa shape index (κ1) is 13.1. The van der Waals surface area contributed by atoms with Crippen molar-refractivity contribution >= 4 is 11.6 Å². The van der Waals surface area contributed by atoms with E-state index in [-0.39, 0.29) is 0 Å². The maximum Gasteiger partial charge on any atom is 0.131 e. The summed E-state index contributed by atoms with van der Waals surface area (Å²) < 4.78 is 0. The van der Waals surface area contributed by atoms with Crippen LogP contribution in [0.25, 0.3) is 0 Å². The number of aromatic nitrogens is 2. The van der Waals surface area contributed by atoms with Gasteiger partial charge in [0, 0.05) is 18.7 Å². The summed E-state index contributed by atoms with van der Waals surface area (Å²) in [7, 11) is 0. The third-order valence-electron chi connectivity index (χ3n) is 3.79. The molecule has 1 aliphatic carbocycles. The second kappa shape index (κ2) is 6.57. The largest absolute Gasteiger partial charge is 0.370 e. The van der Waals surface area contributed by atoms with Gasteiger partial charge in [0.25, 0.3) is 0 Å². The SMILES string of the molecule is CCNc1cc(NC2CCCCC2CC)ncn1. The highest BCUT2D eigenvalue weighted by Gasteiger charge is 2.23. The number of nitrogens with one attached hydrogen (secondary N) is 2. The van der Waals surface area contributed by atoms with E-state index in [4.69, 9.17) is 0 Å². The molecule has 2 rings (SSSR count). The van der Waals surface area contributed by atoms with Crippen LogP contribution in [0.4, 0.5) is 11.6 Å². The van der Waals surface area contributed by atoms with Crippen molar-refractivity contribution < 1.29 is 0 Å². The lowest BCUT2D eigenvalue weighted by molar-refractivity contribution is 0.317. The van der Waals surface area contributed by atoms with Crippen molar-refractivity contribution in [2.45, 2.75) is 52.0 Å². The molecule has 0 spiro atoms. The smallest absolute Gasteiger partial charge is 0.131 e. The minimum atomic E-state index is 0.577. The molecule has 1 aromatic heterocycles. The molecule has 1 saturated carbocycles. The molecule has 1 fully saturated rings. The molecule has 1 aromatic rings. The number of nitrogens with zero attached hydrogens (tertiary/aromatic N) is 2. The molecule has 2 atom stereocenters. The Morgan fingerprint density at radius 1 is 1.17 bits per heavy atom. The van der Waals surface area contributed by atoms with Gasteiger partial charge in [-0.25, -0.2) is 9.97 Å². The van der Waals surface area contributed by atoms with Crippen molar-refractivity contribution in [3.8, 4) is 0 Å². The van der Waals surface area contributed by atoms with Crippen LogP contribution in [0, 0.1) is 5.92 Å². The Bertz CT molecular complexity index is 367. The lowest BCUT2D eigenvalue weighted by atomic mass is 9.83. The molecule has 2 N–H and O–H groups in total. The van der Waals surface area contributed by atoms with E-state index in [1.165, 1.54) is 32.1 Å². The van der Waals surface area contributed by atoms with Crippen LogP contribution in [0.5, 0.6) is 0 Å². The molecular formula is C14H24N4. The summed E-state index contributed by atoms with van der Waals surface area (Å²) in [5.74, 6) is 2.64. The average molecular weight is 248 g/mol. The Hall–Kier alpha value is -1.32. The highest BCUT2D eigenvalue weighted by atomic mass is 15.1. The van der Waals surface area contributed by atoms with Gasteiger partial charge in [-0.3, -0.25) is 0 Å². The first-order chi connectivity index (χ1) is 8.83. The fourth-order valence-corrected chi connectivity index (χ4v) is 2.79. The van der Waals surface area contributed by atoms with Crippen LogP contribution >= 0.6 is 0 Å². The maximum atomic E-state index is 4.32. The molecule has 2 unspecified atom stereocenters. The topological polar surface area (TPSA) is 49.8 Å². The minimum Gasteiger partial charge on any atom is -0.370 e. The van der Waals surface area contributed by atoms with Gasteiger partial charge < -0.3 is 10.6 Å². The third-order valence-corrected chi connectivity index (χ3v) is 3.79. The van der Waals surface area contributed by atoms with Crippen molar-refractivity contribution in [1.29, 1.82) is 0 Å². The van der Waals surface area contributed by atoms with Gasteiger partial charge in [0.05, 0.1) is 0 Å². The van der Waals surface area contributed by atoms with Crippen molar-refractivity contribution in [2.75, 3.05) is 17.2 Å². The summed E-state index contributed by atoms with van der Waals surface area (Å²) in [6.45, 7) is 5.25. The summed E-state index contributed by atoms with van der Waals surface area (Å²) in [5.41, 5.74) is 0. The molecule has 0 saturated heterocycles. The van der Waals surface area contributed by atoms with Crippen molar-refractivity contribution in [1.82, 2.24) is 9.97 Å². The molecule has 100 valence electrons. The molecule has 0 radical (unpaired) electrons. The molecule has 0 aliphatic heterocycles. The summed E-state index contributed by atoms with van der Waals surface area (Å²) in [4.78, 5) is 8.52. The van der Waals surface area contributed by atoms with E-state index in [1.54, 1.807) is 6.33 Å². The predicted octanol–water partition coefficient (Wildman–Crippen LogP) is 3.29. The van der Waals surface area contributed by atoms with Crippen molar-refractivity contribution in [2.24, 2.45) is 5.92 Å². The molecule has 4 nitrogen and oxygen atoms in total. The van der Waals surface area contributed by atoms with E-state index in [1.807, 2.05) is 6.07 Å². The number of hydrogen-bond donors (Lipinski definition) is 2. The van der Waals surface area contributed by atoms with Gasteiger partial charge in [-0.05, 0) is 25.7 Å². The van der Waals surface area contributed by atoms with Gasteiger partial charge in [0.2, 0.25) is 0 Å². The molecule has 0 amide bonds. The normalized spacial score (nSPS) is 23.7. The van der Waals surface area contributed by atoms with Crippen LogP contribution in [-0.4, -0.2) is 22.6 Å². The Labute approximate surface area is 110 Å². The standard InChI is InChI=1S/C14H24N4/c1-3-11-7-5-6-8-12(11)18-14-9-13(15-4-2)16-10-17-14/h9-12H,3-8H2,1-2H3,(H2,15,16,17,18). The van der Waals surface area contributed by atoms with E-state index in [9.17, 15) is 0 Å². The van der Waals surface area contributed by atoms with Gasteiger partial charge in [-0.2, -0.15) is 0 Å². The molecule has 1 heterocycles. The van der Waals surface area contributed by atoms with Crippen LogP contribution in [0.3, 0.4) is 0 Å². The van der Waals surface area contributed by atoms with Gasteiger partial charge in [0.15, 0.2) is 0 Å². The second-order valence-corrected chi connectivity index (χ2v) is 5.02. The van der Waals surface area contributed by atoms with Gasteiger partial charge in [-0.1, -0.05) is 26.2 Å². The number of hydrogen-bond acceptors (Lipinski definition) is 4. The first-order valence-electron chi connectivity index (χ1n) is 7.16. The highest BCUT2D eigenvalue weighted by molar-refractivity contribution is 5.46. The lowest BCUT2D eigenvalue weighted by Gasteiger charge is -2.31. The van der Waals surface area contributed by atoms with E-state index < -0.39 is 0 Å². The number of rotatable bonds is 5. The van der Waals surface area contributed by atoms with E-state index in [2.05, 4.69) is 34.4 Å². The van der Waals surface area contributed by atoms with Crippen molar-refractivity contribution in [3.63, 3.8) is 0 Å². The van der Waals surface area contributed by atoms with E-state index in [0.29, 0.717) is 6.04 Å². The first-order valence-corrected chi connectivity index (χ1v) is 7.16. The lowest BCUT2D eigenvalue weighted by Crippen LogP contribution is -2.32.